The fourth-order valence-electron chi connectivity index (χ4n) is 2.49. The van der Waals surface area contributed by atoms with Gasteiger partial charge in [-0.05, 0) is 18.5 Å². The summed E-state index contributed by atoms with van der Waals surface area (Å²) in [6.07, 6.45) is 7.42. The first-order valence-electron chi connectivity index (χ1n) is 7.10. The van der Waals surface area contributed by atoms with E-state index < -0.39 is 0 Å². The molecule has 0 aliphatic carbocycles. The number of rotatable bonds is 3. The van der Waals surface area contributed by atoms with Gasteiger partial charge in [-0.1, -0.05) is 6.08 Å². The van der Waals surface area contributed by atoms with Crippen LogP contribution in [0.15, 0.2) is 18.6 Å². The first-order chi connectivity index (χ1) is 10.8. The molecule has 0 fully saturated rings. The number of aromatic nitrogens is 5. The predicted octanol–water partition coefficient (Wildman–Crippen LogP) is 1.78. The molecular weight excluding hydrogens is 334 g/mol. The summed E-state index contributed by atoms with van der Waals surface area (Å²) in [6, 6.07) is 0. The number of halogens is 1. The van der Waals surface area contributed by atoms with Crippen LogP contribution in [-0.2, 0) is 6.42 Å². The number of nitrogens with one attached hydrogen (secondary N) is 2. The van der Waals surface area contributed by atoms with E-state index in [9.17, 15) is 0 Å². The van der Waals surface area contributed by atoms with Gasteiger partial charge in [0.2, 0.25) is 0 Å². The largest absolute Gasteiger partial charge is 0.382 e. The average molecular weight is 350 g/mol. The number of fused-ring (bicyclic) bond motifs is 1. The summed E-state index contributed by atoms with van der Waals surface area (Å²) < 4.78 is 0. The Morgan fingerprint density at radius 3 is 3.00 bits per heavy atom. The quantitative estimate of drug-likeness (QED) is 0.665. The number of aromatic amines is 1. The molecule has 120 valence electrons. The molecule has 4 heterocycles. The number of nitrogen functional groups attached to an aromatic ring is 1. The highest BCUT2D eigenvalue weighted by atomic mass is 35.5. The minimum atomic E-state index is 0. The fraction of sp³-hybridized carbons (Fsp3) is 0.286. The SMILES string of the molecule is Cl.Nc1nc(Cc2ncc(C3=CCCNC3)s2)nc2[nH]cnc12. The van der Waals surface area contributed by atoms with E-state index >= 15 is 0 Å². The molecule has 0 radical (unpaired) electrons. The van der Waals surface area contributed by atoms with Crippen LogP contribution >= 0.6 is 23.7 Å². The van der Waals surface area contributed by atoms with E-state index in [0.29, 0.717) is 29.2 Å². The Balaban J connectivity index is 0.00000156. The highest BCUT2D eigenvalue weighted by molar-refractivity contribution is 7.12. The number of H-pyrrole nitrogens is 1. The normalized spacial score (nSPS) is 14.5. The Morgan fingerprint density at radius 2 is 2.17 bits per heavy atom. The first-order valence-corrected chi connectivity index (χ1v) is 7.91. The molecule has 1 aliphatic rings. The smallest absolute Gasteiger partial charge is 0.163 e. The highest BCUT2D eigenvalue weighted by Gasteiger charge is 2.12. The summed E-state index contributed by atoms with van der Waals surface area (Å²) in [6.45, 7) is 1.96. The second kappa shape index (κ2) is 6.61. The average Bonchev–Trinajstić information content (AvgIpc) is 3.17. The van der Waals surface area contributed by atoms with E-state index in [1.54, 1.807) is 17.7 Å². The molecule has 0 amide bonds. The molecule has 3 aromatic heterocycles. The van der Waals surface area contributed by atoms with Gasteiger partial charge in [0.25, 0.3) is 0 Å². The minimum Gasteiger partial charge on any atom is -0.382 e. The maximum Gasteiger partial charge on any atom is 0.163 e. The van der Waals surface area contributed by atoms with Crippen molar-refractivity contribution in [1.29, 1.82) is 0 Å². The highest BCUT2D eigenvalue weighted by Crippen LogP contribution is 2.25. The number of nitrogens with zero attached hydrogens (tertiary/aromatic N) is 4. The lowest BCUT2D eigenvalue weighted by atomic mass is 10.1. The minimum absolute atomic E-state index is 0. The zero-order chi connectivity index (χ0) is 14.9. The van der Waals surface area contributed by atoms with E-state index in [2.05, 4.69) is 36.3 Å². The van der Waals surface area contributed by atoms with Gasteiger partial charge >= 0.3 is 0 Å². The van der Waals surface area contributed by atoms with Crippen LogP contribution < -0.4 is 11.1 Å². The maximum absolute atomic E-state index is 5.91. The number of thiazole rings is 1. The summed E-state index contributed by atoms with van der Waals surface area (Å²) in [4.78, 5) is 21.5. The molecule has 23 heavy (non-hydrogen) atoms. The van der Waals surface area contributed by atoms with Crippen molar-refractivity contribution in [2.24, 2.45) is 0 Å². The van der Waals surface area contributed by atoms with Gasteiger partial charge in [0, 0.05) is 12.7 Å². The van der Waals surface area contributed by atoms with Gasteiger partial charge in [0.05, 0.1) is 17.6 Å². The van der Waals surface area contributed by atoms with Crippen LogP contribution in [0.1, 0.15) is 22.1 Å². The predicted molar refractivity (Wildman–Crippen MR) is 93.7 cm³/mol. The lowest BCUT2D eigenvalue weighted by Gasteiger charge is -2.11. The second-order valence-electron chi connectivity index (χ2n) is 5.11. The molecule has 1 aliphatic heterocycles. The zero-order valence-corrected chi connectivity index (χ0v) is 13.9. The Morgan fingerprint density at radius 1 is 1.26 bits per heavy atom. The third-order valence-corrected chi connectivity index (χ3v) is 4.63. The van der Waals surface area contributed by atoms with Crippen molar-refractivity contribution >= 4 is 46.3 Å². The zero-order valence-electron chi connectivity index (χ0n) is 12.2. The monoisotopic (exact) mass is 349 g/mol. The van der Waals surface area contributed by atoms with Gasteiger partial charge in [-0.2, -0.15) is 0 Å². The summed E-state index contributed by atoms with van der Waals surface area (Å²) in [7, 11) is 0. The topological polar surface area (TPSA) is 105 Å². The van der Waals surface area contributed by atoms with Crippen LogP contribution in [0, 0.1) is 0 Å². The van der Waals surface area contributed by atoms with Crippen LogP contribution in [0.3, 0.4) is 0 Å². The maximum atomic E-state index is 5.91. The van der Waals surface area contributed by atoms with Crippen molar-refractivity contribution in [3.63, 3.8) is 0 Å². The Bertz CT molecular complexity index is 854. The van der Waals surface area contributed by atoms with Crippen LogP contribution in [0.2, 0.25) is 0 Å². The molecule has 0 atom stereocenters. The van der Waals surface area contributed by atoms with Crippen molar-refractivity contribution in [2.45, 2.75) is 12.8 Å². The van der Waals surface area contributed by atoms with E-state index in [1.165, 1.54) is 10.5 Å². The van der Waals surface area contributed by atoms with Crippen LogP contribution in [0.5, 0.6) is 0 Å². The number of imidazole rings is 1. The Hall–Kier alpha value is -2.03. The molecule has 7 nitrogen and oxygen atoms in total. The molecule has 0 aromatic carbocycles. The van der Waals surface area contributed by atoms with Crippen molar-refractivity contribution in [3.8, 4) is 0 Å². The molecule has 4 N–H and O–H groups in total. The summed E-state index contributed by atoms with van der Waals surface area (Å²) >= 11 is 1.68. The molecule has 0 saturated heterocycles. The fourth-order valence-corrected chi connectivity index (χ4v) is 3.44. The first kappa shape index (κ1) is 15.9. The molecule has 0 bridgehead atoms. The van der Waals surface area contributed by atoms with Crippen molar-refractivity contribution in [2.75, 3.05) is 18.8 Å². The molecular formula is C14H16ClN7S. The van der Waals surface area contributed by atoms with Gasteiger partial charge in [-0.3, -0.25) is 0 Å². The molecule has 0 unspecified atom stereocenters. The van der Waals surface area contributed by atoms with E-state index in [-0.39, 0.29) is 12.4 Å². The molecule has 9 heteroatoms. The lowest BCUT2D eigenvalue weighted by molar-refractivity contribution is 0.740. The van der Waals surface area contributed by atoms with Gasteiger partial charge in [0.1, 0.15) is 16.3 Å². The van der Waals surface area contributed by atoms with E-state index in [0.717, 1.165) is 24.5 Å². The van der Waals surface area contributed by atoms with Gasteiger partial charge in [-0.25, -0.2) is 19.9 Å². The third-order valence-electron chi connectivity index (χ3n) is 3.56. The molecule has 0 saturated carbocycles. The summed E-state index contributed by atoms with van der Waals surface area (Å²) in [5, 5.41) is 4.36. The van der Waals surface area contributed by atoms with Gasteiger partial charge in [-0.15, -0.1) is 23.7 Å². The number of hydrogen-bond donors (Lipinski definition) is 3. The second-order valence-corrected chi connectivity index (χ2v) is 6.23. The van der Waals surface area contributed by atoms with E-state index in [1.807, 2.05) is 6.20 Å². The van der Waals surface area contributed by atoms with Crippen LogP contribution in [-0.4, -0.2) is 38.0 Å². The number of hydrogen-bond acceptors (Lipinski definition) is 7. The van der Waals surface area contributed by atoms with Crippen molar-refractivity contribution < 1.29 is 0 Å². The number of nitrogens with two attached hydrogens (primary N) is 1. The van der Waals surface area contributed by atoms with E-state index in [4.69, 9.17) is 5.73 Å². The van der Waals surface area contributed by atoms with Crippen molar-refractivity contribution in [1.82, 2.24) is 30.2 Å². The summed E-state index contributed by atoms with van der Waals surface area (Å²) in [5.74, 6) is 1.06. The van der Waals surface area contributed by atoms with Gasteiger partial charge in [0.15, 0.2) is 11.5 Å². The molecule has 4 rings (SSSR count). The summed E-state index contributed by atoms with van der Waals surface area (Å²) in [5.41, 5.74) is 8.51. The Kier molecular flexibility index (Phi) is 4.56. The van der Waals surface area contributed by atoms with Crippen LogP contribution in [0.4, 0.5) is 5.82 Å². The molecule has 0 spiro atoms. The van der Waals surface area contributed by atoms with Crippen molar-refractivity contribution in [3.05, 3.63) is 34.3 Å². The molecule has 3 aromatic rings. The third kappa shape index (κ3) is 3.19. The Labute approximate surface area is 142 Å². The number of anilines is 1. The lowest BCUT2D eigenvalue weighted by Crippen LogP contribution is -2.21. The van der Waals surface area contributed by atoms with Gasteiger partial charge < -0.3 is 16.0 Å². The standard InChI is InChI=1S/C14H15N7S.ClH/c15-13-12-14(19-7-18-12)21-10(20-13)4-11-17-6-9(22-11)8-2-1-3-16-5-8;/h2,6-7,16H,1,3-5H2,(H3,15,18,19,20,21);1H. The van der Waals surface area contributed by atoms with Crippen LogP contribution in [0.25, 0.3) is 16.7 Å².